The van der Waals surface area contributed by atoms with Crippen LogP contribution in [0.2, 0.25) is 0 Å². The van der Waals surface area contributed by atoms with E-state index in [0.717, 1.165) is 11.3 Å². The molecule has 9 heteroatoms. The van der Waals surface area contributed by atoms with Gasteiger partial charge < -0.3 is 19.9 Å². The number of aryl methyl sites for hydroxylation is 1. The van der Waals surface area contributed by atoms with Crippen molar-refractivity contribution in [2.24, 2.45) is 4.99 Å². The van der Waals surface area contributed by atoms with Crippen LogP contribution in [0, 0.1) is 19.3 Å². The number of imidazole rings is 1. The number of nitrogens with zero attached hydrogens (tertiary/aromatic N) is 6. The molecule has 0 aliphatic carbocycles. The standard InChI is InChI=1S/C23H19N7O2/c1-3-11-31-18-10-5-4-9-17(18)30-19(28-16-8-6-7-15(2)21(16)32-30)12-29-14-27-20-22(24)25-13-26-23(20)29/h1,4-10,13-14H,11-12H2,2H3,(H2,24,25,26). The molecule has 158 valence electrons. The Morgan fingerprint density at radius 1 is 1.12 bits per heavy atom. The third kappa shape index (κ3) is 3.33. The highest BCUT2D eigenvalue weighted by Crippen LogP contribution is 2.39. The predicted molar refractivity (Wildman–Crippen MR) is 122 cm³/mol. The first kappa shape index (κ1) is 19.4. The maximum absolute atomic E-state index is 6.35. The lowest BCUT2D eigenvalue weighted by Crippen LogP contribution is -2.39. The number of anilines is 2. The summed E-state index contributed by atoms with van der Waals surface area (Å²) in [5.41, 5.74) is 9.45. The van der Waals surface area contributed by atoms with Crippen molar-refractivity contribution in [3.05, 3.63) is 60.7 Å². The molecule has 2 N–H and O–H groups in total. The predicted octanol–water partition coefficient (Wildman–Crippen LogP) is 3.27. The van der Waals surface area contributed by atoms with Crippen LogP contribution in [0.5, 0.6) is 11.5 Å². The number of fused-ring (bicyclic) bond motifs is 2. The van der Waals surface area contributed by atoms with Gasteiger partial charge in [-0.05, 0) is 30.7 Å². The van der Waals surface area contributed by atoms with E-state index in [1.807, 2.05) is 54.0 Å². The monoisotopic (exact) mass is 425 g/mol. The Morgan fingerprint density at radius 3 is 2.88 bits per heavy atom. The van der Waals surface area contributed by atoms with Crippen molar-refractivity contribution in [3.63, 3.8) is 0 Å². The smallest absolute Gasteiger partial charge is 0.184 e. The van der Waals surface area contributed by atoms with Crippen molar-refractivity contribution < 1.29 is 9.57 Å². The van der Waals surface area contributed by atoms with Crippen molar-refractivity contribution >= 4 is 34.2 Å². The number of hydroxylamine groups is 1. The van der Waals surface area contributed by atoms with Gasteiger partial charge in [0.05, 0.1) is 12.9 Å². The molecule has 3 heterocycles. The maximum Gasteiger partial charge on any atom is 0.184 e. The molecule has 0 spiro atoms. The number of benzene rings is 2. The van der Waals surface area contributed by atoms with E-state index in [1.54, 1.807) is 11.4 Å². The summed E-state index contributed by atoms with van der Waals surface area (Å²) in [5, 5.41) is 1.65. The Morgan fingerprint density at radius 2 is 2.00 bits per heavy atom. The largest absolute Gasteiger partial charge is 0.479 e. The Balaban J connectivity index is 1.62. The highest BCUT2D eigenvalue weighted by Gasteiger charge is 2.27. The van der Waals surface area contributed by atoms with Gasteiger partial charge in [-0.15, -0.1) is 6.42 Å². The molecule has 0 saturated carbocycles. The number of nitrogens with two attached hydrogens (primary N) is 1. The van der Waals surface area contributed by atoms with Crippen LogP contribution in [0.3, 0.4) is 0 Å². The van der Waals surface area contributed by atoms with Crippen LogP contribution >= 0.6 is 0 Å². The van der Waals surface area contributed by atoms with E-state index in [-0.39, 0.29) is 6.61 Å². The molecule has 2 aromatic heterocycles. The molecular weight excluding hydrogens is 406 g/mol. The minimum atomic E-state index is 0.134. The van der Waals surface area contributed by atoms with Crippen LogP contribution in [0.15, 0.2) is 60.1 Å². The molecular formula is C23H19N7O2. The molecule has 0 amide bonds. The molecule has 2 aromatic carbocycles. The molecule has 9 nitrogen and oxygen atoms in total. The van der Waals surface area contributed by atoms with Gasteiger partial charge in [-0.2, -0.15) is 5.06 Å². The van der Waals surface area contributed by atoms with Crippen molar-refractivity contribution in [1.29, 1.82) is 0 Å². The first-order valence-electron chi connectivity index (χ1n) is 9.87. The maximum atomic E-state index is 6.35. The number of para-hydroxylation sites is 3. The summed E-state index contributed by atoms with van der Waals surface area (Å²) in [7, 11) is 0. The van der Waals surface area contributed by atoms with Crippen LogP contribution in [0.4, 0.5) is 17.2 Å². The van der Waals surface area contributed by atoms with Crippen LogP contribution < -0.4 is 20.4 Å². The molecule has 0 unspecified atom stereocenters. The molecule has 0 bridgehead atoms. The summed E-state index contributed by atoms with van der Waals surface area (Å²) >= 11 is 0. The van der Waals surface area contributed by atoms with Gasteiger partial charge >= 0.3 is 0 Å². The van der Waals surface area contributed by atoms with Gasteiger partial charge in [0.25, 0.3) is 0 Å². The fraction of sp³-hybridized carbons (Fsp3) is 0.130. The topological polar surface area (TPSA) is 104 Å². The van der Waals surface area contributed by atoms with Crippen molar-refractivity contribution in [3.8, 4) is 23.8 Å². The number of rotatable bonds is 5. The Labute approximate surface area is 184 Å². The lowest BCUT2D eigenvalue weighted by molar-refractivity contribution is 0.312. The number of nitrogen functional groups attached to an aromatic ring is 1. The zero-order valence-electron chi connectivity index (χ0n) is 17.3. The van der Waals surface area contributed by atoms with Gasteiger partial charge in [-0.25, -0.2) is 19.9 Å². The van der Waals surface area contributed by atoms with Gasteiger partial charge in [-0.1, -0.05) is 30.2 Å². The minimum absolute atomic E-state index is 0.134. The van der Waals surface area contributed by atoms with E-state index in [2.05, 4.69) is 20.9 Å². The zero-order valence-corrected chi connectivity index (χ0v) is 17.3. The minimum Gasteiger partial charge on any atom is -0.479 e. The Hall–Kier alpha value is -4.58. The highest BCUT2D eigenvalue weighted by molar-refractivity contribution is 6.01. The van der Waals surface area contributed by atoms with Crippen LogP contribution in [0.25, 0.3) is 11.2 Å². The summed E-state index contributed by atoms with van der Waals surface area (Å²) in [4.78, 5) is 23.9. The summed E-state index contributed by atoms with van der Waals surface area (Å²) in [6.45, 7) is 2.43. The van der Waals surface area contributed by atoms with E-state index in [1.165, 1.54) is 6.33 Å². The van der Waals surface area contributed by atoms with Crippen LogP contribution in [-0.2, 0) is 6.54 Å². The number of hydrogen-bond donors (Lipinski definition) is 1. The molecule has 1 aliphatic heterocycles. The lowest BCUT2D eigenvalue weighted by atomic mass is 10.2. The third-order valence-corrected chi connectivity index (χ3v) is 4.99. The van der Waals surface area contributed by atoms with Crippen molar-refractivity contribution in [1.82, 2.24) is 19.5 Å². The third-order valence-electron chi connectivity index (χ3n) is 4.99. The molecule has 1 aliphatic rings. The number of terminal acetylenes is 1. The van der Waals surface area contributed by atoms with E-state index in [0.29, 0.717) is 46.5 Å². The first-order chi connectivity index (χ1) is 15.7. The van der Waals surface area contributed by atoms with E-state index >= 15 is 0 Å². The fourth-order valence-electron chi connectivity index (χ4n) is 3.49. The SMILES string of the molecule is C#CCOc1ccccc1N1Oc2c(C)cccc2N=C1Cn1cnc2c(N)ncnc21. The van der Waals surface area contributed by atoms with Crippen molar-refractivity contribution in [2.75, 3.05) is 17.4 Å². The second kappa shape index (κ2) is 7.92. The van der Waals surface area contributed by atoms with Gasteiger partial charge in [0.15, 0.2) is 23.1 Å². The Kier molecular flexibility index (Phi) is 4.80. The molecule has 5 rings (SSSR count). The summed E-state index contributed by atoms with van der Waals surface area (Å²) in [5.74, 6) is 4.67. The quantitative estimate of drug-likeness (QED) is 0.490. The molecule has 32 heavy (non-hydrogen) atoms. The number of aromatic nitrogens is 4. The molecule has 0 radical (unpaired) electrons. The van der Waals surface area contributed by atoms with Gasteiger partial charge in [0.1, 0.15) is 35.6 Å². The highest BCUT2D eigenvalue weighted by atomic mass is 16.7. The average molecular weight is 425 g/mol. The second-order valence-corrected chi connectivity index (χ2v) is 7.10. The second-order valence-electron chi connectivity index (χ2n) is 7.10. The van der Waals surface area contributed by atoms with Gasteiger partial charge in [0.2, 0.25) is 0 Å². The lowest BCUT2D eigenvalue weighted by Gasteiger charge is -2.31. The molecule has 0 saturated heterocycles. The normalized spacial score (nSPS) is 12.6. The van der Waals surface area contributed by atoms with Gasteiger partial charge in [0, 0.05) is 0 Å². The summed E-state index contributed by atoms with van der Waals surface area (Å²) < 4.78 is 7.60. The van der Waals surface area contributed by atoms with Gasteiger partial charge in [-0.3, -0.25) is 0 Å². The number of ether oxygens (including phenoxy) is 1. The Bertz CT molecular complexity index is 1390. The summed E-state index contributed by atoms with van der Waals surface area (Å²) in [6.07, 6.45) is 8.46. The van der Waals surface area contributed by atoms with Crippen molar-refractivity contribution in [2.45, 2.75) is 13.5 Å². The van der Waals surface area contributed by atoms with Crippen LogP contribution in [0.1, 0.15) is 5.56 Å². The molecule has 0 atom stereocenters. The summed E-state index contributed by atoms with van der Waals surface area (Å²) in [6, 6.07) is 13.3. The molecule has 4 aromatic rings. The van der Waals surface area contributed by atoms with E-state index in [4.69, 9.17) is 26.7 Å². The average Bonchev–Trinajstić information content (AvgIpc) is 3.22. The van der Waals surface area contributed by atoms with E-state index < -0.39 is 0 Å². The number of hydrogen-bond acceptors (Lipinski definition) is 8. The zero-order chi connectivity index (χ0) is 22.1. The van der Waals surface area contributed by atoms with Crippen LogP contribution in [-0.4, -0.2) is 32.0 Å². The molecule has 0 fully saturated rings. The number of amidine groups is 1. The first-order valence-corrected chi connectivity index (χ1v) is 9.87. The fourth-order valence-corrected chi connectivity index (χ4v) is 3.49. The van der Waals surface area contributed by atoms with E-state index in [9.17, 15) is 0 Å². The number of aliphatic imine (C=N–C) groups is 1.